The Kier molecular flexibility index (Phi) is 11.3. The SMILES string of the molecule is O=C(Nc1c(S(=O)(=O)O)cc2cc(N=Nc3cccc4c(S(=O)(=O)O)cccc34)ccc2c1O)Nc1c(S(=O)(=O)O)cc2cc(N=Nc3cccc4c(S(=O)(=O)O)cccc34)ccc2c1O. The van der Waals surface area contributed by atoms with Crippen LogP contribution in [0, 0.1) is 0 Å². The molecule has 0 aliphatic heterocycles. The van der Waals surface area contributed by atoms with Gasteiger partial charge in [-0.1, -0.05) is 48.5 Å². The van der Waals surface area contributed by atoms with E-state index < -0.39 is 79.2 Å². The van der Waals surface area contributed by atoms with Crippen molar-refractivity contribution >= 4 is 124 Å². The average Bonchev–Trinajstić information content (AvgIpc) is 3.24. The van der Waals surface area contributed by atoms with Gasteiger partial charge in [0.2, 0.25) is 0 Å². The third kappa shape index (κ3) is 8.82. The zero-order valence-corrected chi connectivity index (χ0v) is 36.1. The van der Waals surface area contributed by atoms with E-state index >= 15 is 0 Å². The molecule has 8 aromatic carbocycles. The Morgan fingerprint density at radius 1 is 0.394 bits per heavy atom. The largest absolute Gasteiger partial charge is 0.505 e. The number of phenolic OH excluding ortho intramolecular Hbond substituents is 2. The molecule has 0 saturated carbocycles. The number of azo groups is 2. The summed E-state index contributed by atoms with van der Waals surface area (Å²) in [5.74, 6) is -1.79. The molecule has 0 atom stereocenters. The van der Waals surface area contributed by atoms with Gasteiger partial charge < -0.3 is 20.8 Å². The summed E-state index contributed by atoms with van der Waals surface area (Å²) in [6.45, 7) is 0. The summed E-state index contributed by atoms with van der Waals surface area (Å²) < 4.78 is 138. The van der Waals surface area contributed by atoms with Crippen molar-refractivity contribution in [3.05, 3.63) is 121 Å². The Morgan fingerprint density at radius 3 is 1.11 bits per heavy atom. The molecule has 0 heterocycles. The van der Waals surface area contributed by atoms with Gasteiger partial charge in [-0.15, -0.1) is 10.2 Å². The van der Waals surface area contributed by atoms with Crippen molar-refractivity contribution in [3.8, 4) is 11.5 Å². The Hall–Kier alpha value is -7.49. The molecule has 8 N–H and O–H groups in total. The monoisotopic (exact) mass is 972 g/mol. The van der Waals surface area contributed by atoms with Gasteiger partial charge in [-0.2, -0.15) is 43.9 Å². The molecule has 8 aromatic rings. The van der Waals surface area contributed by atoms with Gasteiger partial charge in [0.05, 0.1) is 22.7 Å². The summed E-state index contributed by atoms with van der Waals surface area (Å²) >= 11 is 0. The number of fused-ring (bicyclic) bond motifs is 4. The van der Waals surface area contributed by atoms with Gasteiger partial charge in [-0.05, 0) is 83.6 Å². The topological polar surface area (TPSA) is 349 Å². The van der Waals surface area contributed by atoms with Crippen LogP contribution in [0.3, 0.4) is 0 Å². The number of benzene rings is 8. The molecule has 336 valence electrons. The van der Waals surface area contributed by atoms with Crippen molar-refractivity contribution in [1.29, 1.82) is 0 Å². The number of amides is 2. The van der Waals surface area contributed by atoms with Gasteiger partial charge in [-0.3, -0.25) is 18.2 Å². The van der Waals surface area contributed by atoms with E-state index in [-0.39, 0.29) is 64.9 Å². The standard InChI is InChI=1S/C41H28N6O15S4/c48-39-25-15-13-23(44-46-31-9-1-7-29-27(31)5-3-11-33(29)63(51,52)53)17-21(25)19-35(65(57,58)59)37(39)42-41(50)43-38-36(66(60,61)62)20-22-18-24(14-16-26(22)40(38)49)45-47-32-10-2-8-30-28(32)6-4-12-34(30)64(54,55)56/h1-20,48-49H,(H2,42,43,50)(H,51,52,53)(H,54,55,56)(H,57,58,59)(H,60,61,62). The number of hydrogen-bond acceptors (Lipinski definition) is 15. The number of anilines is 2. The fourth-order valence-corrected chi connectivity index (χ4v) is 9.88. The van der Waals surface area contributed by atoms with Crippen LogP contribution >= 0.6 is 0 Å². The van der Waals surface area contributed by atoms with E-state index in [1.165, 1.54) is 97.1 Å². The maximum atomic E-state index is 13.5. The lowest BCUT2D eigenvalue weighted by molar-refractivity contribution is 0.262. The fourth-order valence-electron chi connectivity index (χ4n) is 7.11. The predicted octanol–water partition coefficient (Wildman–Crippen LogP) is 9.17. The van der Waals surface area contributed by atoms with E-state index in [4.69, 9.17) is 0 Å². The number of urea groups is 1. The first-order valence-electron chi connectivity index (χ1n) is 18.4. The lowest BCUT2D eigenvalue weighted by atomic mass is 10.1. The Morgan fingerprint density at radius 2 is 0.742 bits per heavy atom. The number of carbonyl (C=O) groups excluding carboxylic acids is 1. The van der Waals surface area contributed by atoms with Crippen molar-refractivity contribution in [3.63, 3.8) is 0 Å². The number of carbonyl (C=O) groups is 1. The number of phenols is 2. The van der Waals surface area contributed by atoms with Gasteiger partial charge in [0.25, 0.3) is 40.5 Å². The Balaban J connectivity index is 1.10. The number of nitrogens with zero attached hydrogens (tertiary/aromatic N) is 4. The number of rotatable bonds is 10. The highest BCUT2D eigenvalue weighted by molar-refractivity contribution is 7.86. The molecule has 0 aliphatic carbocycles. The summed E-state index contributed by atoms with van der Waals surface area (Å²) in [7, 11) is -19.7. The quantitative estimate of drug-likeness (QED) is 0.0359. The minimum Gasteiger partial charge on any atom is -0.505 e. The van der Waals surface area contributed by atoms with Crippen molar-refractivity contribution in [1.82, 2.24) is 0 Å². The Labute approximate surface area is 372 Å². The number of nitrogens with one attached hydrogen (secondary N) is 2. The molecule has 2 amide bonds. The fraction of sp³-hybridized carbons (Fsp3) is 0. The van der Waals surface area contributed by atoms with Gasteiger partial charge in [0.15, 0.2) is 0 Å². The van der Waals surface area contributed by atoms with E-state index in [1.54, 1.807) is 12.1 Å². The minimum atomic E-state index is -5.25. The van der Waals surface area contributed by atoms with Crippen molar-refractivity contribution in [2.75, 3.05) is 10.6 Å². The lowest BCUT2D eigenvalue weighted by Crippen LogP contribution is -2.22. The van der Waals surface area contributed by atoms with Crippen LogP contribution in [-0.2, 0) is 40.5 Å². The van der Waals surface area contributed by atoms with Crippen LogP contribution in [0.4, 0.5) is 38.9 Å². The van der Waals surface area contributed by atoms with Gasteiger partial charge in [0.1, 0.15) is 42.5 Å². The third-order valence-corrected chi connectivity index (χ3v) is 13.6. The molecule has 8 rings (SSSR count). The van der Waals surface area contributed by atoms with Crippen LogP contribution < -0.4 is 10.6 Å². The van der Waals surface area contributed by atoms with E-state index in [0.717, 1.165) is 12.1 Å². The zero-order valence-electron chi connectivity index (χ0n) is 32.8. The summed E-state index contributed by atoms with van der Waals surface area (Å²) in [4.78, 5) is 10.7. The highest BCUT2D eigenvalue weighted by Crippen LogP contribution is 2.43. The van der Waals surface area contributed by atoms with Crippen molar-refractivity contribution in [2.45, 2.75) is 19.6 Å². The summed E-state index contributed by atoms with van der Waals surface area (Å²) in [5.41, 5.74) is -1.24. The van der Waals surface area contributed by atoms with E-state index in [9.17, 15) is 66.9 Å². The molecule has 0 bridgehead atoms. The highest BCUT2D eigenvalue weighted by Gasteiger charge is 2.27. The molecule has 25 heteroatoms. The molecule has 0 aliphatic rings. The lowest BCUT2D eigenvalue weighted by Gasteiger charge is -2.17. The normalized spacial score (nSPS) is 12.8. The molecule has 0 unspecified atom stereocenters. The van der Waals surface area contributed by atoms with Crippen LogP contribution in [0.15, 0.2) is 161 Å². The number of aromatic hydroxyl groups is 2. The molecule has 0 aromatic heterocycles. The first-order chi connectivity index (χ1) is 31.0. The second kappa shape index (κ2) is 16.5. The van der Waals surface area contributed by atoms with Crippen LogP contribution in [0.5, 0.6) is 11.5 Å². The highest BCUT2D eigenvalue weighted by atomic mass is 32.2. The molecule has 0 spiro atoms. The summed E-state index contributed by atoms with van der Waals surface area (Å²) in [5, 5.41) is 43.8. The number of hydrogen-bond donors (Lipinski definition) is 8. The van der Waals surface area contributed by atoms with Gasteiger partial charge >= 0.3 is 6.03 Å². The molecule has 0 radical (unpaired) electrons. The maximum Gasteiger partial charge on any atom is 0.323 e. The minimum absolute atomic E-state index is 0.0442. The van der Waals surface area contributed by atoms with Crippen LogP contribution in [0.2, 0.25) is 0 Å². The Bertz CT molecular complexity index is 3690. The predicted molar refractivity (Wildman–Crippen MR) is 239 cm³/mol. The second-order valence-electron chi connectivity index (χ2n) is 14.1. The molecule has 0 fully saturated rings. The molecule has 66 heavy (non-hydrogen) atoms. The van der Waals surface area contributed by atoms with E-state index in [0.29, 0.717) is 10.8 Å². The van der Waals surface area contributed by atoms with Crippen molar-refractivity contribution < 1.29 is 66.9 Å². The van der Waals surface area contributed by atoms with Crippen LogP contribution in [0.25, 0.3) is 43.1 Å². The smallest absolute Gasteiger partial charge is 0.323 e. The molecular formula is C41H28N6O15S4. The van der Waals surface area contributed by atoms with E-state index in [2.05, 4.69) is 20.5 Å². The molecule has 21 nitrogen and oxygen atoms in total. The first-order valence-corrected chi connectivity index (χ1v) is 24.2. The average molecular weight is 973 g/mol. The summed E-state index contributed by atoms with van der Waals surface area (Å²) in [6, 6.07) is 25.2. The summed E-state index contributed by atoms with van der Waals surface area (Å²) in [6.07, 6.45) is 0. The van der Waals surface area contributed by atoms with Crippen LogP contribution in [0.1, 0.15) is 0 Å². The van der Waals surface area contributed by atoms with Gasteiger partial charge in [-0.25, -0.2) is 4.79 Å². The van der Waals surface area contributed by atoms with Crippen molar-refractivity contribution in [2.24, 2.45) is 20.5 Å². The molecule has 0 saturated heterocycles. The second-order valence-corrected chi connectivity index (χ2v) is 19.7. The van der Waals surface area contributed by atoms with E-state index in [1.807, 2.05) is 10.6 Å². The first kappa shape index (κ1) is 45.1. The van der Waals surface area contributed by atoms with Crippen LogP contribution in [-0.4, -0.2) is 68.1 Å². The third-order valence-electron chi connectivity index (χ3n) is 9.97. The molecular weight excluding hydrogens is 945 g/mol. The maximum absolute atomic E-state index is 13.5. The van der Waals surface area contributed by atoms with Gasteiger partial charge in [0, 0.05) is 32.3 Å². The zero-order chi connectivity index (χ0) is 47.5.